The number of nitrogens with two attached hydrogens (primary N) is 1. The molecule has 0 aromatic heterocycles. The van der Waals surface area contributed by atoms with Crippen LogP contribution in [0.2, 0.25) is 0 Å². The van der Waals surface area contributed by atoms with Gasteiger partial charge in [0.2, 0.25) is 0 Å². The summed E-state index contributed by atoms with van der Waals surface area (Å²) in [5, 5.41) is 0. The van der Waals surface area contributed by atoms with Crippen LogP contribution in [-0.2, 0) is 0 Å². The van der Waals surface area contributed by atoms with Crippen LogP contribution < -0.4 is 10.6 Å². The Morgan fingerprint density at radius 1 is 1.14 bits per heavy atom. The molecule has 1 aliphatic rings. The van der Waals surface area contributed by atoms with Crippen molar-refractivity contribution in [3.63, 3.8) is 0 Å². The van der Waals surface area contributed by atoms with Gasteiger partial charge in [-0.25, -0.2) is 0 Å². The fourth-order valence-electron chi connectivity index (χ4n) is 2.78. The molecule has 3 rings (SSSR count). The molecule has 4 heteroatoms. The molecular weight excluding hydrogens is 326 g/mol. The molecule has 1 atom stereocenters. The van der Waals surface area contributed by atoms with E-state index in [1.54, 1.807) is 0 Å². The predicted molar refractivity (Wildman–Crippen MR) is 91.8 cm³/mol. The maximum Gasteiger partial charge on any atom is 0.196 e. The van der Waals surface area contributed by atoms with E-state index >= 15 is 0 Å². The molecule has 21 heavy (non-hydrogen) atoms. The summed E-state index contributed by atoms with van der Waals surface area (Å²) in [6.07, 6.45) is 0. The van der Waals surface area contributed by atoms with Crippen molar-refractivity contribution in [3.8, 4) is 0 Å². The fraction of sp³-hybridized carbons (Fsp3) is 0.235. The molecule has 0 fully saturated rings. The second-order valence-electron chi connectivity index (χ2n) is 5.35. The van der Waals surface area contributed by atoms with Crippen molar-refractivity contribution in [1.29, 1.82) is 0 Å². The van der Waals surface area contributed by atoms with Gasteiger partial charge in [0.15, 0.2) is 5.96 Å². The van der Waals surface area contributed by atoms with Crippen molar-refractivity contribution in [2.75, 3.05) is 11.4 Å². The van der Waals surface area contributed by atoms with Crippen molar-refractivity contribution in [3.05, 3.63) is 63.6 Å². The molecular formula is C17H18BrN3. The minimum atomic E-state index is 0.172. The van der Waals surface area contributed by atoms with Gasteiger partial charge in [-0.15, -0.1) is 0 Å². The van der Waals surface area contributed by atoms with Crippen molar-refractivity contribution in [1.82, 2.24) is 0 Å². The van der Waals surface area contributed by atoms with Crippen LogP contribution in [0.15, 0.2) is 51.9 Å². The zero-order chi connectivity index (χ0) is 15.0. The van der Waals surface area contributed by atoms with Crippen molar-refractivity contribution in [2.45, 2.75) is 19.9 Å². The van der Waals surface area contributed by atoms with E-state index in [0.29, 0.717) is 12.5 Å². The molecule has 3 nitrogen and oxygen atoms in total. The molecule has 0 aliphatic carbocycles. The van der Waals surface area contributed by atoms with Crippen molar-refractivity contribution in [2.24, 2.45) is 10.7 Å². The van der Waals surface area contributed by atoms with Crippen LogP contribution in [0.5, 0.6) is 0 Å². The zero-order valence-corrected chi connectivity index (χ0v) is 13.8. The minimum Gasteiger partial charge on any atom is -0.369 e. The van der Waals surface area contributed by atoms with Crippen LogP contribution in [0.3, 0.4) is 0 Å². The first kappa shape index (κ1) is 14.1. The molecule has 0 saturated heterocycles. The van der Waals surface area contributed by atoms with E-state index in [1.165, 1.54) is 16.7 Å². The van der Waals surface area contributed by atoms with Gasteiger partial charge >= 0.3 is 0 Å². The van der Waals surface area contributed by atoms with Gasteiger partial charge in [0, 0.05) is 10.2 Å². The normalized spacial score (nSPS) is 18.0. The lowest BCUT2D eigenvalue weighted by molar-refractivity contribution is 0.761. The van der Waals surface area contributed by atoms with Gasteiger partial charge in [-0.05, 0) is 54.8 Å². The Kier molecular flexibility index (Phi) is 3.72. The summed E-state index contributed by atoms with van der Waals surface area (Å²) in [5.74, 6) is 0.586. The minimum absolute atomic E-state index is 0.172. The number of rotatable bonds is 2. The van der Waals surface area contributed by atoms with Crippen LogP contribution in [-0.4, -0.2) is 12.5 Å². The smallest absolute Gasteiger partial charge is 0.196 e. The van der Waals surface area contributed by atoms with E-state index in [9.17, 15) is 0 Å². The Bertz CT molecular complexity index is 692. The van der Waals surface area contributed by atoms with Gasteiger partial charge in [-0.3, -0.25) is 4.99 Å². The number of halogens is 1. The van der Waals surface area contributed by atoms with Crippen LogP contribution in [0, 0.1) is 13.8 Å². The molecule has 1 unspecified atom stereocenters. The molecule has 2 aromatic carbocycles. The van der Waals surface area contributed by atoms with Gasteiger partial charge in [0.25, 0.3) is 0 Å². The maximum absolute atomic E-state index is 6.13. The molecule has 2 N–H and O–H groups in total. The highest BCUT2D eigenvalue weighted by atomic mass is 79.9. The lowest BCUT2D eigenvalue weighted by Crippen LogP contribution is -2.36. The van der Waals surface area contributed by atoms with E-state index in [0.717, 1.165) is 10.2 Å². The third-order valence-corrected chi connectivity index (χ3v) is 4.62. The van der Waals surface area contributed by atoms with Gasteiger partial charge in [0.1, 0.15) is 0 Å². The lowest BCUT2D eigenvalue weighted by atomic mass is 9.96. The number of anilines is 1. The van der Waals surface area contributed by atoms with Crippen LogP contribution >= 0.6 is 15.9 Å². The molecule has 108 valence electrons. The second kappa shape index (κ2) is 5.53. The molecule has 1 heterocycles. The standard InChI is InChI=1S/C17H18BrN3/c1-11-4-3-5-15(12(11)2)16-10-20-17(19)21(16)14-8-6-13(18)7-9-14/h3-9,16H,10H2,1-2H3,(H2,19,20). The number of hydrogen-bond donors (Lipinski definition) is 1. The quantitative estimate of drug-likeness (QED) is 0.897. The summed E-state index contributed by atoms with van der Waals surface area (Å²) >= 11 is 3.47. The van der Waals surface area contributed by atoms with E-state index in [-0.39, 0.29) is 6.04 Å². The Hall–Kier alpha value is -1.81. The maximum atomic E-state index is 6.13. The van der Waals surface area contributed by atoms with E-state index in [2.05, 4.69) is 70.0 Å². The summed E-state index contributed by atoms with van der Waals surface area (Å²) in [6.45, 7) is 5.01. The first-order valence-corrected chi connectivity index (χ1v) is 7.78. The summed E-state index contributed by atoms with van der Waals surface area (Å²) in [6, 6.07) is 14.8. The summed E-state index contributed by atoms with van der Waals surface area (Å²) in [4.78, 5) is 6.57. The Balaban J connectivity index is 2.03. The van der Waals surface area contributed by atoms with Gasteiger partial charge in [-0.1, -0.05) is 34.1 Å². The molecule has 0 spiro atoms. The number of aryl methyl sites for hydroxylation is 1. The summed E-state index contributed by atoms with van der Waals surface area (Å²) < 4.78 is 1.06. The highest BCUT2D eigenvalue weighted by Gasteiger charge is 2.29. The average molecular weight is 344 g/mol. The zero-order valence-electron chi connectivity index (χ0n) is 12.2. The topological polar surface area (TPSA) is 41.6 Å². The SMILES string of the molecule is Cc1cccc(C2CN=C(N)N2c2ccc(Br)cc2)c1C. The van der Waals surface area contributed by atoms with Gasteiger partial charge < -0.3 is 10.6 Å². The van der Waals surface area contributed by atoms with Gasteiger partial charge in [0.05, 0.1) is 12.6 Å². The lowest BCUT2D eigenvalue weighted by Gasteiger charge is -2.28. The van der Waals surface area contributed by atoms with Gasteiger partial charge in [-0.2, -0.15) is 0 Å². The van der Waals surface area contributed by atoms with E-state index in [4.69, 9.17) is 5.73 Å². The number of benzene rings is 2. The highest BCUT2D eigenvalue weighted by molar-refractivity contribution is 9.10. The van der Waals surface area contributed by atoms with Crippen LogP contribution in [0.1, 0.15) is 22.7 Å². The van der Waals surface area contributed by atoms with Crippen LogP contribution in [0.4, 0.5) is 5.69 Å². The molecule has 0 saturated carbocycles. The summed E-state index contributed by atoms with van der Waals surface area (Å²) in [7, 11) is 0. The van der Waals surface area contributed by atoms with Crippen LogP contribution in [0.25, 0.3) is 0 Å². The number of guanidine groups is 1. The third-order valence-electron chi connectivity index (χ3n) is 4.10. The molecule has 0 amide bonds. The molecule has 0 bridgehead atoms. The second-order valence-corrected chi connectivity index (χ2v) is 6.27. The predicted octanol–water partition coefficient (Wildman–Crippen LogP) is 3.94. The first-order chi connectivity index (χ1) is 10.1. The molecule has 2 aromatic rings. The number of nitrogens with zero attached hydrogens (tertiary/aromatic N) is 2. The number of aliphatic imine (C=N–C) groups is 1. The van der Waals surface area contributed by atoms with E-state index < -0.39 is 0 Å². The first-order valence-electron chi connectivity index (χ1n) is 6.99. The Labute approximate surface area is 133 Å². The summed E-state index contributed by atoms with van der Waals surface area (Å²) in [5.41, 5.74) is 11.1. The molecule has 1 aliphatic heterocycles. The largest absolute Gasteiger partial charge is 0.369 e. The Morgan fingerprint density at radius 2 is 1.86 bits per heavy atom. The number of hydrogen-bond acceptors (Lipinski definition) is 3. The Morgan fingerprint density at radius 3 is 2.57 bits per heavy atom. The fourth-order valence-corrected chi connectivity index (χ4v) is 3.05. The third kappa shape index (κ3) is 2.56. The molecule has 0 radical (unpaired) electrons. The highest BCUT2D eigenvalue weighted by Crippen LogP contribution is 2.33. The average Bonchev–Trinajstić information content (AvgIpc) is 2.85. The monoisotopic (exact) mass is 343 g/mol. The van der Waals surface area contributed by atoms with Crippen molar-refractivity contribution < 1.29 is 0 Å². The van der Waals surface area contributed by atoms with E-state index in [1.807, 2.05) is 12.1 Å². The van der Waals surface area contributed by atoms with Crippen molar-refractivity contribution >= 4 is 27.6 Å².